The molecule has 0 saturated carbocycles. The molecule has 0 bridgehead atoms. The molecule has 2 fully saturated rings. The van der Waals surface area contributed by atoms with Crippen LogP contribution in [0.2, 0.25) is 0 Å². The van der Waals surface area contributed by atoms with Gasteiger partial charge in [-0.1, -0.05) is 57.0 Å². The van der Waals surface area contributed by atoms with Crippen molar-refractivity contribution in [3.63, 3.8) is 0 Å². The van der Waals surface area contributed by atoms with Gasteiger partial charge in [0.25, 0.3) is 10.1 Å². The molecule has 2 N–H and O–H groups in total. The zero-order chi connectivity index (χ0) is 78.8. The second-order valence-corrected chi connectivity index (χ2v) is 34.8. The van der Waals surface area contributed by atoms with E-state index in [-0.39, 0.29) is 68.4 Å². The van der Waals surface area contributed by atoms with E-state index in [0.29, 0.717) is 78.3 Å². The van der Waals surface area contributed by atoms with Crippen LogP contribution in [0.1, 0.15) is 203 Å². The van der Waals surface area contributed by atoms with Gasteiger partial charge in [0.15, 0.2) is 6.10 Å². The molecule has 2 saturated heterocycles. The summed E-state index contributed by atoms with van der Waals surface area (Å²) in [4.78, 5) is 114. The summed E-state index contributed by atoms with van der Waals surface area (Å²) in [6.45, 7) is 53.5. The Labute approximate surface area is 618 Å². The summed E-state index contributed by atoms with van der Waals surface area (Å²) in [6, 6.07) is 8.12. The minimum absolute atomic E-state index is 0.0689. The Morgan fingerprint density at radius 2 is 0.670 bits per heavy atom. The van der Waals surface area contributed by atoms with E-state index < -0.39 is 79.5 Å². The van der Waals surface area contributed by atoms with Gasteiger partial charge in [0, 0.05) is 111 Å². The number of esters is 8. The number of benzene rings is 1. The first-order valence-corrected chi connectivity index (χ1v) is 38.5. The Hall–Kier alpha value is -5.43. The highest BCUT2D eigenvalue weighted by molar-refractivity contribution is 7.86. The fourth-order valence-electron chi connectivity index (χ4n) is 10.5. The lowest BCUT2D eigenvalue weighted by atomic mass is 10.1. The van der Waals surface area contributed by atoms with Crippen molar-refractivity contribution >= 4 is 57.9 Å². The third-order valence-electron chi connectivity index (χ3n) is 14.5. The monoisotopic (exact) mass is 1480 g/mol. The van der Waals surface area contributed by atoms with Crippen LogP contribution in [-0.4, -0.2) is 280 Å². The highest BCUT2D eigenvalue weighted by Crippen LogP contribution is 2.21. The molecule has 0 amide bonds. The maximum atomic E-state index is 13.6. The van der Waals surface area contributed by atoms with Crippen LogP contribution in [0.25, 0.3) is 0 Å². The maximum Gasteiger partial charge on any atom is 0.337 e. The van der Waals surface area contributed by atoms with Crippen LogP contribution in [-0.2, 0) is 97.2 Å². The van der Waals surface area contributed by atoms with Gasteiger partial charge in [0.2, 0.25) is 0 Å². The lowest BCUT2D eigenvalue weighted by Crippen LogP contribution is -2.54. The number of nitrogens with one attached hydrogen (secondary N) is 2. The molecule has 0 radical (unpaired) electrons. The van der Waals surface area contributed by atoms with Gasteiger partial charge in [-0.2, -0.15) is 8.42 Å². The van der Waals surface area contributed by atoms with Crippen molar-refractivity contribution in [3.8, 4) is 0 Å². The minimum atomic E-state index is -3.88. The SMILES string of the molecule is CC(C)(C)OC(=O)CN1CCNCCN(CC(=O)OC(C)(C)C)CCNCC1.CC(C)(C)OC(=O)[C@@H](CCC(=O)OCc1ccccc1)OS(C)(=O)=O.CCC[C@H](C(=O)OC(C)(C)C)N1CCN(CC(=O)OC(C)(C)C)CCN([C@H](CCC)C(=O)OC(C)(C)C)CCN(CC(=O)OC(C)(C)C)CC1. The summed E-state index contributed by atoms with van der Waals surface area (Å²) in [5.74, 6) is -3.01. The number of nitrogens with zero attached hydrogens (tertiary/aromatic N) is 6. The largest absolute Gasteiger partial charge is 0.461 e. The molecule has 28 heteroatoms. The van der Waals surface area contributed by atoms with Crippen molar-refractivity contribution in [3.05, 3.63) is 35.9 Å². The van der Waals surface area contributed by atoms with E-state index in [1.807, 2.05) is 179 Å². The third kappa shape index (κ3) is 50.7. The van der Waals surface area contributed by atoms with E-state index in [9.17, 15) is 46.8 Å². The molecule has 0 unspecified atom stereocenters. The Bertz CT molecular complexity index is 2660. The molecule has 0 spiro atoms. The van der Waals surface area contributed by atoms with Gasteiger partial charge in [0.1, 0.15) is 57.9 Å². The van der Waals surface area contributed by atoms with Crippen molar-refractivity contribution in [2.75, 3.05) is 137 Å². The van der Waals surface area contributed by atoms with Gasteiger partial charge in [-0.25, -0.2) is 4.79 Å². The first kappa shape index (κ1) is 95.6. The summed E-state index contributed by atoms with van der Waals surface area (Å²) in [5, 5.41) is 6.80. The van der Waals surface area contributed by atoms with Gasteiger partial charge in [-0.3, -0.25) is 67.1 Å². The lowest BCUT2D eigenvalue weighted by Gasteiger charge is -2.38. The number of carbonyl (C=O) groups is 8. The van der Waals surface area contributed by atoms with Crippen molar-refractivity contribution in [2.24, 2.45) is 0 Å². The van der Waals surface area contributed by atoms with Crippen LogP contribution < -0.4 is 10.6 Å². The van der Waals surface area contributed by atoms with E-state index >= 15 is 0 Å². The first-order valence-electron chi connectivity index (χ1n) is 36.7. The van der Waals surface area contributed by atoms with Crippen molar-refractivity contribution in [1.29, 1.82) is 0 Å². The van der Waals surface area contributed by atoms with Crippen LogP contribution in [0.3, 0.4) is 0 Å². The Balaban J connectivity index is 0.000000843. The second kappa shape index (κ2) is 45.3. The Morgan fingerprint density at radius 3 is 0.942 bits per heavy atom. The molecule has 2 aliphatic heterocycles. The van der Waals surface area contributed by atoms with Crippen molar-refractivity contribution in [1.82, 2.24) is 40.0 Å². The molecule has 1 aromatic carbocycles. The van der Waals surface area contributed by atoms with Crippen LogP contribution in [0.5, 0.6) is 0 Å². The molecule has 103 heavy (non-hydrogen) atoms. The second-order valence-electron chi connectivity index (χ2n) is 33.2. The average molecular weight is 1490 g/mol. The van der Waals surface area contributed by atoms with Crippen molar-refractivity contribution < 1.29 is 88.9 Å². The first-order chi connectivity index (χ1) is 47.2. The van der Waals surface area contributed by atoms with Gasteiger partial charge in [-0.15, -0.1) is 0 Å². The third-order valence-corrected chi connectivity index (χ3v) is 15.1. The fourth-order valence-corrected chi connectivity index (χ4v) is 11.1. The highest BCUT2D eigenvalue weighted by atomic mass is 32.2. The molecule has 1 aromatic rings. The summed E-state index contributed by atoms with van der Waals surface area (Å²) in [5.41, 5.74) is -3.45. The predicted octanol–water partition coefficient (Wildman–Crippen LogP) is 7.58. The van der Waals surface area contributed by atoms with Gasteiger partial charge >= 0.3 is 47.8 Å². The molecular weight excluding hydrogens is 1350 g/mol. The number of ether oxygens (including phenoxy) is 8. The molecule has 3 rings (SSSR count). The van der Waals surface area contributed by atoms with Crippen LogP contribution in [0.15, 0.2) is 30.3 Å². The van der Waals surface area contributed by atoms with Crippen LogP contribution in [0, 0.1) is 0 Å². The summed E-state index contributed by atoms with van der Waals surface area (Å²) in [7, 11) is -3.88. The van der Waals surface area contributed by atoms with E-state index in [4.69, 9.17) is 42.1 Å². The molecule has 2 aliphatic rings. The van der Waals surface area contributed by atoms with Crippen LogP contribution >= 0.6 is 0 Å². The molecule has 3 atom stereocenters. The number of hydrogen-bond acceptors (Lipinski definition) is 27. The molecule has 2 heterocycles. The predicted molar refractivity (Wildman–Crippen MR) is 398 cm³/mol. The lowest BCUT2D eigenvalue weighted by molar-refractivity contribution is -0.164. The zero-order valence-electron chi connectivity index (χ0n) is 67.6. The molecule has 0 aromatic heterocycles. The van der Waals surface area contributed by atoms with E-state index in [1.54, 1.807) is 20.8 Å². The fraction of sp³-hybridized carbons (Fsp3) is 0.813. The summed E-state index contributed by atoms with van der Waals surface area (Å²) < 4.78 is 71.6. The van der Waals surface area contributed by atoms with Gasteiger partial charge in [0.05, 0.1) is 32.4 Å². The molecule has 596 valence electrons. The normalized spacial score (nSPS) is 17.5. The zero-order valence-corrected chi connectivity index (χ0v) is 68.4. The number of rotatable bonds is 24. The molecule has 27 nitrogen and oxygen atoms in total. The molecule has 0 aliphatic carbocycles. The van der Waals surface area contributed by atoms with Gasteiger partial charge in [-0.05, 0) is 170 Å². The van der Waals surface area contributed by atoms with Gasteiger partial charge < -0.3 is 48.5 Å². The summed E-state index contributed by atoms with van der Waals surface area (Å²) in [6.07, 6.45) is 1.88. The van der Waals surface area contributed by atoms with Crippen molar-refractivity contribution in [2.45, 2.75) is 262 Å². The highest BCUT2D eigenvalue weighted by Gasteiger charge is 2.36. The Morgan fingerprint density at radius 1 is 0.388 bits per heavy atom. The van der Waals surface area contributed by atoms with E-state index in [1.165, 1.54) is 0 Å². The smallest absolute Gasteiger partial charge is 0.337 e. The molecular formula is C75H136N8O19S. The van der Waals surface area contributed by atoms with E-state index in [2.05, 4.69) is 30.2 Å². The van der Waals surface area contributed by atoms with Crippen LogP contribution in [0.4, 0.5) is 0 Å². The maximum absolute atomic E-state index is 13.6. The van der Waals surface area contributed by atoms with E-state index in [0.717, 1.165) is 77.0 Å². The Kier molecular flexibility index (Phi) is 42.0. The average Bonchev–Trinajstić information content (AvgIpc) is 0.859. The quantitative estimate of drug-likeness (QED) is 0.0572. The standard InChI is InChI=1S/C38H72N4O8.C20H40N4O4.C17H24O7S/c1-15-17-29(33(45)49-37(9,10)11)41-23-19-39(27-31(43)47-35(3,4)5)21-25-42(30(18-16-2)34(46)50-38(12,13)14)26-22-40(20-24-41)28-32(44)48-36(6,7)8;1-19(2,3)27-17(25)15-23-11-7-21-9-13-24(14-10-22-8-12-23)16-18(26)28-20(4,5)6;1-17(2,3)23-16(19)14(24-25(4,20)21)10-11-15(18)22-12-13-8-6-5-7-9-13/h29-30H,15-28H2,1-14H3;21-22H,7-16H2,1-6H3;5-9,14H,10-12H2,1-4H3/t29-,30-;;14-/m1.1/s1. The minimum Gasteiger partial charge on any atom is -0.461 e. The topological polar surface area (TPSA) is 297 Å². The summed E-state index contributed by atoms with van der Waals surface area (Å²) >= 11 is 0. The number of hydrogen-bond donors (Lipinski definition) is 2. The number of carbonyl (C=O) groups excluding carboxylic acids is 8.